The number of likely N-dealkylation sites (N-methyl/N-ethyl adjacent to an activating group) is 1. The zero-order chi connectivity index (χ0) is 15.5. The average Bonchev–Trinajstić information content (AvgIpc) is 2.45. The van der Waals surface area contributed by atoms with Crippen LogP contribution in [-0.2, 0) is 0 Å². The van der Waals surface area contributed by atoms with Crippen molar-refractivity contribution >= 4 is 38.1 Å². The van der Waals surface area contributed by atoms with Crippen LogP contribution in [-0.4, -0.2) is 42.4 Å². The molecule has 0 spiro atoms. The van der Waals surface area contributed by atoms with Gasteiger partial charge in [-0.1, -0.05) is 35.2 Å². The zero-order valence-electron chi connectivity index (χ0n) is 12.6. The Labute approximate surface area is 143 Å². The van der Waals surface area contributed by atoms with E-state index in [9.17, 15) is 5.11 Å². The lowest BCUT2D eigenvalue weighted by Gasteiger charge is -2.41. The molecule has 1 aromatic carbocycles. The van der Waals surface area contributed by atoms with Crippen LogP contribution >= 0.6 is 31.9 Å². The van der Waals surface area contributed by atoms with Gasteiger partial charge in [0, 0.05) is 21.8 Å². The van der Waals surface area contributed by atoms with E-state index in [1.54, 1.807) is 6.21 Å². The highest BCUT2D eigenvalue weighted by molar-refractivity contribution is 9.11. The van der Waals surface area contributed by atoms with Crippen LogP contribution in [0.25, 0.3) is 0 Å². The molecular formula is C16H22Br2N2O. The van der Waals surface area contributed by atoms with Gasteiger partial charge in [-0.3, -0.25) is 4.99 Å². The molecular weight excluding hydrogens is 396 g/mol. The van der Waals surface area contributed by atoms with Gasteiger partial charge in [0.05, 0.1) is 11.0 Å². The molecule has 0 radical (unpaired) electrons. The van der Waals surface area contributed by atoms with Crippen LogP contribution < -0.4 is 0 Å². The van der Waals surface area contributed by atoms with E-state index in [0.29, 0.717) is 4.47 Å². The Morgan fingerprint density at radius 3 is 2.52 bits per heavy atom. The molecule has 1 aliphatic carbocycles. The van der Waals surface area contributed by atoms with Crippen molar-refractivity contribution in [3.63, 3.8) is 0 Å². The lowest BCUT2D eigenvalue weighted by molar-refractivity contribution is 0.110. The maximum atomic E-state index is 10.1. The standard InChI is InChI=1S/C16H22Br2N2O/c1-20(2)16(6-4-3-5-7-16)11-19-10-12-8-13(17)9-14(18)15(12)21/h8-10,21H,3-7,11H2,1-2H3. The second-order valence-electron chi connectivity index (χ2n) is 5.97. The lowest BCUT2D eigenvalue weighted by atomic mass is 9.81. The minimum Gasteiger partial charge on any atom is -0.506 e. The highest BCUT2D eigenvalue weighted by atomic mass is 79.9. The first kappa shape index (κ1) is 17.0. The summed E-state index contributed by atoms with van der Waals surface area (Å²) < 4.78 is 1.60. The van der Waals surface area contributed by atoms with Gasteiger partial charge in [-0.05, 0) is 55.0 Å². The third-order valence-electron chi connectivity index (χ3n) is 4.41. The molecule has 1 aliphatic rings. The number of halogens is 2. The van der Waals surface area contributed by atoms with Crippen molar-refractivity contribution in [3.05, 3.63) is 26.6 Å². The smallest absolute Gasteiger partial charge is 0.138 e. The molecule has 0 aromatic heterocycles. The summed E-state index contributed by atoms with van der Waals surface area (Å²) in [5.41, 5.74) is 0.911. The van der Waals surface area contributed by atoms with E-state index in [-0.39, 0.29) is 11.3 Å². The molecule has 0 heterocycles. The average molecular weight is 418 g/mol. The van der Waals surface area contributed by atoms with Crippen LogP contribution in [0.1, 0.15) is 37.7 Å². The molecule has 0 amide bonds. The number of phenols is 1. The molecule has 1 N–H and O–H groups in total. The quantitative estimate of drug-likeness (QED) is 0.726. The van der Waals surface area contributed by atoms with Crippen molar-refractivity contribution in [3.8, 4) is 5.75 Å². The van der Waals surface area contributed by atoms with Crippen LogP contribution in [0.2, 0.25) is 0 Å². The summed E-state index contributed by atoms with van der Waals surface area (Å²) in [6, 6.07) is 3.71. The maximum absolute atomic E-state index is 10.1. The van der Waals surface area contributed by atoms with E-state index >= 15 is 0 Å². The van der Waals surface area contributed by atoms with Gasteiger partial charge < -0.3 is 10.0 Å². The van der Waals surface area contributed by atoms with Crippen LogP contribution in [0.4, 0.5) is 0 Å². The van der Waals surface area contributed by atoms with Crippen molar-refractivity contribution in [1.29, 1.82) is 0 Å². The summed E-state index contributed by atoms with van der Waals surface area (Å²) in [7, 11) is 4.29. The molecule has 21 heavy (non-hydrogen) atoms. The predicted octanol–water partition coefficient (Wildman–Crippen LogP) is 4.60. The van der Waals surface area contributed by atoms with Crippen LogP contribution in [0, 0.1) is 0 Å². The number of hydrogen-bond acceptors (Lipinski definition) is 3. The van der Waals surface area contributed by atoms with E-state index in [4.69, 9.17) is 0 Å². The van der Waals surface area contributed by atoms with Gasteiger partial charge in [0.1, 0.15) is 5.75 Å². The Morgan fingerprint density at radius 1 is 1.24 bits per heavy atom. The topological polar surface area (TPSA) is 35.8 Å². The summed E-state index contributed by atoms with van der Waals surface area (Å²) in [6.07, 6.45) is 8.07. The summed E-state index contributed by atoms with van der Waals surface area (Å²) in [6.45, 7) is 0.781. The zero-order valence-corrected chi connectivity index (χ0v) is 15.7. The Balaban J connectivity index is 2.14. The van der Waals surface area contributed by atoms with Crippen LogP contribution in [0.5, 0.6) is 5.75 Å². The fraction of sp³-hybridized carbons (Fsp3) is 0.562. The van der Waals surface area contributed by atoms with Gasteiger partial charge in [0.15, 0.2) is 0 Å². The predicted molar refractivity (Wildman–Crippen MR) is 95.5 cm³/mol. The van der Waals surface area contributed by atoms with E-state index < -0.39 is 0 Å². The monoisotopic (exact) mass is 416 g/mol. The van der Waals surface area contributed by atoms with Crippen molar-refractivity contribution in [2.45, 2.75) is 37.6 Å². The highest BCUT2D eigenvalue weighted by Crippen LogP contribution is 2.33. The largest absolute Gasteiger partial charge is 0.506 e. The number of aliphatic imine (C=N–C) groups is 1. The van der Waals surface area contributed by atoms with Crippen LogP contribution in [0.3, 0.4) is 0 Å². The minimum absolute atomic E-state index is 0.174. The molecule has 0 aliphatic heterocycles. The molecule has 0 atom stereocenters. The molecule has 1 aromatic rings. The molecule has 2 rings (SSSR count). The van der Waals surface area contributed by atoms with Gasteiger partial charge in [0.2, 0.25) is 0 Å². The Morgan fingerprint density at radius 2 is 1.90 bits per heavy atom. The molecule has 0 saturated heterocycles. The second-order valence-corrected chi connectivity index (χ2v) is 7.74. The lowest BCUT2D eigenvalue weighted by Crippen LogP contribution is -2.48. The van der Waals surface area contributed by atoms with Gasteiger partial charge in [-0.25, -0.2) is 0 Å². The van der Waals surface area contributed by atoms with Gasteiger partial charge in [-0.2, -0.15) is 0 Å². The number of phenolic OH excluding ortho intramolecular Hbond substituents is 1. The number of nitrogens with zero attached hydrogens (tertiary/aromatic N) is 2. The Kier molecular flexibility index (Phi) is 5.86. The van der Waals surface area contributed by atoms with Crippen molar-refractivity contribution < 1.29 is 5.11 Å². The Hall–Kier alpha value is -0.390. The van der Waals surface area contributed by atoms with Gasteiger partial charge in [-0.15, -0.1) is 0 Å². The number of aromatic hydroxyl groups is 1. The van der Waals surface area contributed by atoms with Gasteiger partial charge in [0.25, 0.3) is 0 Å². The fourth-order valence-corrected chi connectivity index (χ4v) is 4.21. The summed E-state index contributed by atoms with van der Waals surface area (Å²) in [5.74, 6) is 0.240. The van der Waals surface area contributed by atoms with E-state index in [1.165, 1.54) is 32.1 Å². The minimum atomic E-state index is 0.174. The number of hydrogen-bond donors (Lipinski definition) is 1. The first-order valence-electron chi connectivity index (χ1n) is 7.30. The molecule has 116 valence electrons. The fourth-order valence-electron chi connectivity index (χ4n) is 2.95. The first-order valence-corrected chi connectivity index (χ1v) is 8.88. The van der Waals surface area contributed by atoms with Crippen molar-refractivity contribution in [2.24, 2.45) is 4.99 Å². The SMILES string of the molecule is CN(C)C1(CN=Cc2cc(Br)cc(Br)c2O)CCCCC1. The molecule has 0 unspecified atom stereocenters. The number of rotatable bonds is 4. The second kappa shape index (κ2) is 7.25. The molecule has 5 heteroatoms. The van der Waals surface area contributed by atoms with E-state index in [1.807, 2.05) is 12.1 Å². The van der Waals surface area contributed by atoms with E-state index in [0.717, 1.165) is 16.6 Å². The molecule has 1 saturated carbocycles. The third kappa shape index (κ3) is 4.08. The van der Waals surface area contributed by atoms with Gasteiger partial charge >= 0.3 is 0 Å². The van der Waals surface area contributed by atoms with Crippen molar-refractivity contribution in [2.75, 3.05) is 20.6 Å². The molecule has 1 fully saturated rings. The Bertz CT molecular complexity index is 523. The molecule has 3 nitrogen and oxygen atoms in total. The molecule has 0 bridgehead atoms. The summed E-state index contributed by atoms with van der Waals surface area (Å²) in [4.78, 5) is 6.95. The summed E-state index contributed by atoms with van der Waals surface area (Å²) >= 11 is 6.79. The normalized spacial score (nSPS) is 18.5. The third-order valence-corrected chi connectivity index (χ3v) is 5.47. The summed E-state index contributed by atoms with van der Waals surface area (Å²) in [5, 5.41) is 10.1. The van der Waals surface area contributed by atoms with Crippen LogP contribution in [0.15, 0.2) is 26.1 Å². The van der Waals surface area contributed by atoms with E-state index in [2.05, 4.69) is 55.8 Å². The first-order chi connectivity index (χ1) is 9.94. The van der Waals surface area contributed by atoms with Crippen molar-refractivity contribution in [1.82, 2.24) is 4.90 Å². The maximum Gasteiger partial charge on any atom is 0.138 e. The number of benzene rings is 1. The highest BCUT2D eigenvalue weighted by Gasteiger charge is 2.33.